The van der Waals surface area contributed by atoms with Gasteiger partial charge >= 0.3 is 0 Å². The molecule has 0 fully saturated rings. The van der Waals surface area contributed by atoms with Crippen molar-refractivity contribution in [2.75, 3.05) is 11.9 Å². The summed E-state index contributed by atoms with van der Waals surface area (Å²) in [5.74, 6) is -0.0617. The molecule has 1 aromatic heterocycles. The fourth-order valence-corrected chi connectivity index (χ4v) is 2.53. The molecule has 2 aromatic rings. The molecule has 0 saturated heterocycles. The van der Waals surface area contributed by atoms with Crippen LogP contribution in [0.4, 0.5) is 5.69 Å². The average Bonchev–Trinajstić information content (AvgIpc) is 2.48. The zero-order valence-corrected chi connectivity index (χ0v) is 13.0. The van der Waals surface area contributed by atoms with E-state index in [0.29, 0.717) is 0 Å². The third-order valence-electron chi connectivity index (χ3n) is 2.77. The number of amides is 1. The first-order valence-corrected chi connectivity index (χ1v) is 7.70. The van der Waals surface area contributed by atoms with Crippen LogP contribution in [0.25, 0.3) is 0 Å². The van der Waals surface area contributed by atoms with Gasteiger partial charge in [0.25, 0.3) is 0 Å². The maximum atomic E-state index is 11.0. The number of hydrogen-bond donors (Lipinski definition) is 2. The van der Waals surface area contributed by atoms with E-state index in [1.807, 2.05) is 36.5 Å². The molecule has 0 radical (unpaired) electrons. The number of carbonyl (C=O) groups is 1. The first-order valence-electron chi connectivity index (χ1n) is 6.88. The molecule has 1 aromatic carbocycles. The van der Waals surface area contributed by atoms with Gasteiger partial charge in [-0.15, -0.1) is 0 Å². The van der Waals surface area contributed by atoms with E-state index in [-0.39, 0.29) is 5.91 Å². The molecule has 0 bridgehead atoms. The Balaban J connectivity index is 1.96. The van der Waals surface area contributed by atoms with Gasteiger partial charge < -0.3 is 10.6 Å². The maximum absolute atomic E-state index is 11.0. The standard InChI is InChI=1S/C16H19N3OS/c1-3-17-10-13-4-9-16(18-11-13)21-15-7-5-14(6-8-15)19-12(2)20/h4-9,11,17H,3,10H2,1-2H3,(H,19,20). The molecule has 0 saturated carbocycles. The van der Waals surface area contributed by atoms with E-state index < -0.39 is 0 Å². The molecule has 5 heteroatoms. The minimum atomic E-state index is -0.0617. The highest BCUT2D eigenvalue weighted by Crippen LogP contribution is 2.27. The first-order chi connectivity index (χ1) is 10.2. The fraction of sp³-hybridized carbons (Fsp3) is 0.250. The molecular formula is C16H19N3OS. The lowest BCUT2D eigenvalue weighted by atomic mass is 10.3. The second kappa shape index (κ2) is 7.81. The van der Waals surface area contributed by atoms with Crippen LogP contribution in [0.3, 0.4) is 0 Å². The lowest BCUT2D eigenvalue weighted by Crippen LogP contribution is -2.11. The average molecular weight is 301 g/mol. The number of rotatable bonds is 6. The zero-order valence-electron chi connectivity index (χ0n) is 12.2. The SMILES string of the molecule is CCNCc1ccc(Sc2ccc(NC(C)=O)cc2)nc1. The van der Waals surface area contributed by atoms with Crippen molar-refractivity contribution in [1.29, 1.82) is 0 Å². The van der Waals surface area contributed by atoms with E-state index in [1.165, 1.54) is 12.5 Å². The van der Waals surface area contributed by atoms with Gasteiger partial charge in [-0.1, -0.05) is 24.8 Å². The second-order valence-corrected chi connectivity index (χ2v) is 5.69. The third kappa shape index (κ3) is 5.21. The van der Waals surface area contributed by atoms with Crippen molar-refractivity contribution in [2.24, 2.45) is 0 Å². The van der Waals surface area contributed by atoms with Gasteiger partial charge in [0.05, 0.1) is 0 Å². The number of nitrogens with one attached hydrogen (secondary N) is 2. The zero-order chi connectivity index (χ0) is 15.1. The molecule has 0 aliphatic carbocycles. The summed E-state index contributed by atoms with van der Waals surface area (Å²) < 4.78 is 0. The maximum Gasteiger partial charge on any atom is 0.221 e. The van der Waals surface area contributed by atoms with Crippen molar-refractivity contribution in [1.82, 2.24) is 10.3 Å². The monoisotopic (exact) mass is 301 g/mol. The number of aromatic nitrogens is 1. The summed E-state index contributed by atoms with van der Waals surface area (Å²) in [6, 6.07) is 11.9. The van der Waals surface area contributed by atoms with Crippen LogP contribution in [0.15, 0.2) is 52.5 Å². The Morgan fingerprint density at radius 1 is 1.19 bits per heavy atom. The number of pyridine rings is 1. The Morgan fingerprint density at radius 2 is 1.95 bits per heavy atom. The summed E-state index contributed by atoms with van der Waals surface area (Å²) in [5.41, 5.74) is 1.99. The smallest absolute Gasteiger partial charge is 0.221 e. The molecule has 2 N–H and O–H groups in total. The molecule has 0 aliphatic heterocycles. The van der Waals surface area contributed by atoms with Gasteiger partial charge in [-0.2, -0.15) is 0 Å². The van der Waals surface area contributed by atoms with Gasteiger partial charge in [0.1, 0.15) is 5.03 Å². The predicted molar refractivity (Wildman–Crippen MR) is 86.5 cm³/mol. The second-order valence-electron chi connectivity index (χ2n) is 4.59. The molecule has 0 aliphatic rings. The lowest BCUT2D eigenvalue weighted by molar-refractivity contribution is -0.114. The van der Waals surface area contributed by atoms with E-state index in [0.717, 1.165) is 28.7 Å². The van der Waals surface area contributed by atoms with Gasteiger partial charge in [-0.05, 0) is 42.4 Å². The fourth-order valence-electron chi connectivity index (χ4n) is 1.78. The summed E-state index contributed by atoms with van der Waals surface area (Å²) in [6.45, 7) is 5.39. The summed E-state index contributed by atoms with van der Waals surface area (Å²) in [5, 5.41) is 6.99. The van der Waals surface area contributed by atoms with E-state index in [2.05, 4.69) is 28.6 Å². The molecule has 0 unspecified atom stereocenters. The molecular weight excluding hydrogens is 282 g/mol. The summed E-state index contributed by atoms with van der Waals surface area (Å²) >= 11 is 1.60. The van der Waals surface area contributed by atoms with Crippen molar-refractivity contribution >= 4 is 23.4 Å². The third-order valence-corrected chi connectivity index (χ3v) is 3.73. The number of carbonyl (C=O) groups excluding carboxylic acids is 1. The molecule has 2 rings (SSSR count). The molecule has 1 amide bonds. The van der Waals surface area contributed by atoms with Crippen LogP contribution in [-0.4, -0.2) is 17.4 Å². The van der Waals surface area contributed by atoms with Crippen molar-refractivity contribution in [2.45, 2.75) is 30.3 Å². The van der Waals surface area contributed by atoms with Crippen LogP contribution in [0.2, 0.25) is 0 Å². The number of anilines is 1. The van der Waals surface area contributed by atoms with E-state index in [4.69, 9.17) is 0 Å². The van der Waals surface area contributed by atoms with Gasteiger partial charge in [0.15, 0.2) is 0 Å². The minimum Gasteiger partial charge on any atom is -0.326 e. The van der Waals surface area contributed by atoms with E-state index in [1.54, 1.807) is 11.8 Å². The molecule has 1 heterocycles. The molecule has 110 valence electrons. The first kappa shape index (κ1) is 15.5. The Labute approximate surface area is 129 Å². The van der Waals surface area contributed by atoms with Gasteiger partial charge in [0.2, 0.25) is 5.91 Å². The van der Waals surface area contributed by atoms with Crippen LogP contribution in [0.1, 0.15) is 19.4 Å². The number of hydrogen-bond acceptors (Lipinski definition) is 4. The van der Waals surface area contributed by atoms with Crippen molar-refractivity contribution < 1.29 is 4.79 Å². The van der Waals surface area contributed by atoms with Crippen molar-refractivity contribution in [3.8, 4) is 0 Å². The predicted octanol–water partition coefficient (Wildman–Crippen LogP) is 3.30. The van der Waals surface area contributed by atoms with Crippen LogP contribution in [0, 0.1) is 0 Å². The number of nitrogens with zero attached hydrogens (tertiary/aromatic N) is 1. The number of benzene rings is 1. The van der Waals surface area contributed by atoms with Crippen LogP contribution in [-0.2, 0) is 11.3 Å². The summed E-state index contributed by atoms with van der Waals surface area (Å²) in [6.07, 6.45) is 1.90. The minimum absolute atomic E-state index is 0.0617. The van der Waals surface area contributed by atoms with Gasteiger partial charge in [0, 0.05) is 30.2 Å². The summed E-state index contributed by atoms with van der Waals surface area (Å²) in [4.78, 5) is 16.5. The van der Waals surface area contributed by atoms with E-state index >= 15 is 0 Å². The molecule has 0 atom stereocenters. The highest BCUT2D eigenvalue weighted by molar-refractivity contribution is 7.99. The normalized spacial score (nSPS) is 10.4. The Hall–Kier alpha value is -1.85. The summed E-state index contributed by atoms with van der Waals surface area (Å²) in [7, 11) is 0. The highest BCUT2D eigenvalue weighted by Gasteiger charge is 2.01. The van der Waals surface area contributed by atoms with Crippen LogP contribution >= 0.6 is 11.8 Å². The molecule has 0 spiro atoms. The highest BCUT2D eigenvalue weighted by atomic mass is 32.2. The van der Waals surface area contributed by atoms with Crippen LogP contribution < -0.4 is 10.6 Å². The Bertz CT molecular complexity index is 581. The van der Waals surface area contributed by atoms with Crippen molar-refractivity contribution in [3.05, 3.63) is 48.2 Å². The largest absolute Gasteiger partial charge is 0.326 e. The quantitative estimate of drug-likeness (QED) is 0.859. The molecule has 21 heavy (non-hydrogen) atoms. The topological polar surface area (TPSA) is 54.0 Å². The van der Waals surface area contributed by atoms with Crippen LogP contribution in [0.5, 0.6) is 0 Å². The van der Waals surface area contributed by atoms with Crippen molar-refractivity contribution in [3.63, 3.8) is 0 Å². The van der Waals surface area contributed by atoms with E-state index in [9.17, 15) is 4.79 Å². The lowest BCUT2D eigenvalue weighted by Gasteiger charge is -2.05. The Morgan fingerprint density at radius 3 is 2.52 bits per heavy atom. The Kier molecular flexibility index (Phi) is 5.78. The van der Waals surface area contributed by atoms with Gasteiger partial charge in [-0.25, -0.2) is 4.98 Å². The molecule has 4 nitrogen and oxygen atoms in total. The van der Waals surface area contributed by atoms with Gasteiger partial charge in [-0.3, -0.25) is 4.79 Å².